The van der Waals surface area contributed by atoms with E-state index in [0.29, 0.717) is 24.4 Å². The lowest BCUT2D eigenvalue weighted by Gasteiger charge is -2.11. The van der Waals surface area contributed by atoms with E-state index in [4.69, 9.17) is 5.73 Å². The summed E-state index contributed by atoms with van der Waals surface area (Å²) in [5.41, 5.74) is 5.71. The summed E-state index contributed by atoms with van der Waals surface area (Å²) in [6, 6.07) is 3.11. The smallest absolute Gasteiger partial charge is 0.261 e. The largest absolute Gasteiger partial charge is 0.353 e. The van der Waals surface area contributed by atoms with Gasteiger partial charge in [0.05, 0.1) is 10.9 Å². The molecule has 106 valence electrons. The van der Waals surface area contributed by atoms with Crippen molar-refractivity contribution in [2.24, 2.45) is 5.73 Å². The van der Waals surface area contributed by atoms with Crippen molar-refractivity contribution in [2.75, 3.05) is 25.1 Å². The zero-order valence-corrected chi connectivity index (χ0v) is 12.5. The SMILES string of the molecule is CSCCC(N)C(=O)NCCNC(=O)c1cccs1. The number of amides is 2. The number of carbonyl (C=O) groups is 2. The van der Waals surface area contributed by atoms with Crippen molar-refractivity contribution in [1.82, 2.24) is 10.6 Å². The van der Waals surface area contributed by atoms with Gasteiger partial charge in [-0.25, -0.2) is 0 Å². The Kier molecular flexibility index (Phi) is 7.54. The molecular formula is C12H19N3O2S2. The summed E-state index contributed by atoms with van der Waals surface area (Å²) in [4.78, 5) is 23.8. The highest BCUT2D eigenvalue weighted by molar-refractivity contribution is 7.98. The van der Waals surface area contributed by atoms with Crippen molar-refractivity contribution in [3.63, 3.8) is 0 Å². The molecule has 4 N–H and O–H groups in total. The number of thioether (sulfide) groups is 1. The van der Waals surface area contributed by atoms with E-state index in [2.05, 4.69) is 10.6 Å². The quantitative estimate of drug-likeness (QED) is 0.616. The maximum absolute atomic E-state index is 11.6. The van der Waals surface area contributed by atoms with Crippen LogP contribution in [-0.2, 0) is 4.79 Å². The highest BCUT2D eigenvalue weighted by atomic mass is 32.2. The van der Waals surface area contributed by atoms with Crippen LogP contribution in [0.25, 0.3) is 0 Å². The van der Waals surface area contributed by atoms with E-state index in [0.717, 1.165) is 5.75 Å². The first-order valence-electron chi connectivity index (χ1n) is 5.99. The van der Waals surface area contributed by atoms with Crippen LogP contribution in [0.3, 0.4) is 0 Å². The molecule has 0 bridgehead atoms. The third-order valence-electron chi connectivity index (χ3n) is 2.42. The Balaban J connectivity index is 2.13. The molecule has 1 atom stereocenters. The van der Waals surface area contributed by atoms with Crippen LogP contribution in [0.1, 0.15) is 16.1 Å². The van der Waals surface area contributed by atoms with Crippen LogP contribution in [-0.4, -0.2) is 43.0 Å². The number of rotatable bonds is 8. The summed E-state index contributed by atoms with van der Waals surface area (Å²) >= 11 is 3.05. The Hall–Kier alpha value is -1.05. The van der Waals surface area contributed by atoms with E-state index in [9.17, 15) is 9.59 Å². The molecule has 0 aliphatic rings. The molecule has 0 aromatic carbocycles. The molecule has 1 unspecified atom stereocenters. The molecule has 0 spiro atoms. The molecule has 1 rings (SSSR count). The van der Waals surface area contributed by atoms with Crippen LogP contribution in [0.15, 0.2) is 17.5 Å². The molecule has 1 aromatic heterocycles. The van der Waals surface area contributed by atoms with Crippen LogP contribution < -0.4 is 16.4 Å². The molecule has 0 radical (unpaired) electrons. The van der Waals surface area contributed by atoms with Crippen molar-refractivity contribution < 1.29 is 9.59 Å². The molecule has 0 saturated carbocycles. The number of nitrogens with two attached hydrogens (primary N) is 1. The second-order valence-electron chi connectivity index (χ2n) is 3.91. The van der Waals surface area contributed by atoms with Gasteiger partial charge < -0.3 is 16.4 Å². The summed E-state index contributed by atoms with van der Waals surface area (Å²) in [5.74, 6) is 0.583. The van der Waals surface area contributed by atoms with Gasteiger partial charge in [0.2, 0.25) is 5.91 Å². The topological polar surface area (TPSA) is 84.2 Å². The maximum atomic E-state index is 11.6. The summed E-state index contributed by atoms with van der Waals surface area (Å²) in [7, 11) is 0. The van der Waals surface area contributed by atoms with E-state index in [1.807, 2.05) is 17.7 Å². The van der Waals surface area contributed by atoms with Gasteiger partial charge in [-0.2, -0.15) is 11.8 Å². The first-order chi connectivity index (χ1) is 9.15. The van der Waals surface area contributed by atoms with Crippen molar-refractivity contribution in [2.45, 2.75) is 12.5 Å². The number of hydrogen-bond acceptors (Lipinski definition) is 5. The summed E-state index contributed by atoms with van der Waals surface area (Å²) in [6.07, 6.45) is 2.64. The molecular weight excluding hydrogens is 282 g/mol. The first kappa shape index (κ1) is 16.0. The van der Waals surface area contributed by atoms with Crippen LogP contribution in [0.2, 0.25) is 0 Å². The minimum absolute atomic E-state index is 0.115. The Morgan fingerprint density at radius 3 is 2.79 bits per heavy atom. The van der Waals surface area contributed by atoms with Crippen molar-refractivity contribution in [3.05, 3.63) is 22.4 Å². The van der Waals surface area contributed by atoms with Crippen molar-refractivity contribution in [1.29, 1.82) is 0 Å². The first-order valence-corrected chi connectivity index (χ1v) is 8.26. The molecule has 0 aliphatic carbocycles. The second-order valence-corrected chi connectivity index (χ2v) is 5.85. The molecule has 1 aromatic rings. The molecule has 19 heavy (non-hydrogen) atoms. The average Bonchev–Trinajstić information content (AvgIpc) is 2.94. The third kappa shape index (κ3) is 6.09. The number of carbonyl (C=O) groups excluding carboxylic acids is 2. The maximum Gasteiger partial charge on any atom is 0.261 e. The molecule has 7 heteroatoms. The van der Waals surface area contributed by atoms with Gasteiger partial charge in [0, 0.05) is 13.1 Å². The van der Waals surface area contributed by atoms with Crippen LogP contribution >= 0.6 is 23.1 Å². The van der Waals surface area contributed by atoms with Gasteiger partial charge in [-0.3, -0.25) is 9.59 Å². The Morgan fingerprint density at radius 1 is 1.42 bits per heavy atom. The fourth-order valence-corrected chi connectivity index (χ4v) is 2.49. The van der Waals surface area contributed by atoms with Crippen LogP contribution in [0, 0.1) is 0 Å². The zero-order chi connectivity index (χ0) is 14.1. The molecule has 0 saturated heterocycles. The number of thiophene rings is 1. The molecule has 5 nitrogen and oxygen atoms in total. The third-order valence-corrected chi connectivity index (χ3v) is 3.94. The predicted octanol–water partition coefficient (Wildman–Crippen LogP) is 0.674. The predicted molar refractivity (Wildman–Crippen MR) is 80.6 cm³/mol. The number of hydrogen-bond donors (Lipinski definition) is 3. The van der Waals surface area contributed by atoms with E-state index < -0.39 is 6.04 Å². The van der Waals surface area contributed by atoms with E-state index in [-0.39, 0.29) is 11.8 Å². The standard InChI is InChI=1S/C12H19N3O2S2/c1-18-8-4-9(13)11(16)14-5-6-15-12(17)10-3-2-7-19-10/h2-3,7,9H,4-6,8,13H2,1H3,(H,14,16)(H,15,17). The molecule has 0 fully saturated rings. The number of nitrogens with one attached hydrogen (secondary N) is 2. The van der Waals surface area contributed by atoms with Gasteiger partial charge in [0.25, 0.3) is 5.91 Å². The lowest BCUT2D eigenvalue weighted by molar-refractivity contribution is -0.122. The average molecular weight is 301 g/mol. The molecule has 1 heterocycles. The fraction of sp³-hybridized carbons (Fsp3) is 0.500. The highest BCUT2D eigenvalue weighted by Crippen LogP contribution is 2.07. The van der Waals surface area contributed by atoms with Gasteiger partial charge in [0.15, 0.2) is 0 Å². The van der Waals surface area contributed by atoms with Gasteiger partial charge >= 0.3 is 0 Å². The molecule has 0 aliphatic heterocycles. The normalized spacial score (nSPS) is 11.9. The Morgan fingerprint density at radius 2 is 2.16 bits per heavy atom. The second kappa shape index (κ2) is 8.95. The summed E-state index contributed by atoms with van der Waals surface area (Å²) in [5, 5.41) is 7.29. The fourth-order valence-electron chi connectivity index (χ4n) is 1.36. The Bertz CT molecular complexity index is 396. The summed E-state index contributed by atoms with van der Waals surface area (Å²) < 4.78 is 0. The minimum Gasteiger partial charge on any atom is -0.353 e. The van der Waals surface area contributed by atoms with Crippen LogP contribution in [0.5, 0.6) is 0 Å². The van der Waals surface area contributed by atoms with Gasteiger partial charge in [-0.1, -0.05) is 6.07 Å². The van der Waals surface area contributed by atoms with E-state index >= 15 is 0 Å². The van der Waals surface area contributed by atoms with E-state index in [1.54, 1.807) is 17.8 Å². The lowest BCUT2D eigenvalue weighted by atomic mass is 10.2. The van der Waals surface area contributed by atoms with Crippen LogP contribution in [0.4, 0.5) is 0 Å². The van der Waals surface area contributed by atoms with Gasteiger partial charge in [-0.05, 0) is 29.9 Å². The monoisotopic (exact) mass is 301 g/mol. The van der Waals surface area contributed by atoms with Crippen molar-refractivity contribution >= 4 is 34.9 Å². The van der Waals surface area contributed by atoms with Gasteiger partial charge in [0.1, 0.15) is 0 Å². The van der Waals surface area contributed by atoms with Crippen molar-refractivity contribution in [3.8, 4) is 0 Å². The highest BCUT2D eigenvalue weighted by Gasteiger charge is 2.12. The Labute approximate surface area is 121 Å². The minimum atomic E-state index is -0.472. The zero-order valence-electron chi connectivity index (χ0n) is 10.8. The van der Waals surface area contributed by atoms with Gasteiger partial charge in [-0.15, -0.1) is 11.3 Å². The summed E-state index contributed by atoms with van der Waals surface area (Å²) in [6.45, 7) is 0.792. The molecule has 2 amide bonds. The lowest BCUT2D eigenvalue weighted by Crippen LogP contribution is -2.43. The van der Waals surface area contributed by atoms with E-state index in [1.165, 1.54) is 11.3 Å².